The maximum absolute atomic E-state index is 4.26. The first-order chi connectivity index (χ1) is 7.72. The Hall–Kier alpha value is -0.780. The first-order valence-electron chi connectivity index (χ1n) is 5.33. The summed E-state index contributed by atoms with van der Waals surface area (Å²) in [6.07, 6.45) is 0. The Balaban J connectivity index is 2.23. The molecule has 0 bridgehead atoms. The topological polar surface area (TPSA) is 37.8 Å². The second-order valence-electron chi connectivity index (χ2n) is 3.66. The standard InChI is InChI=1S/C11H15N3S2/c1-4-12-8(3)10-13-14-11(16-10)9-7(2)5-6-15-9/h5-6,8,12H,4H2,1-3H3. The Morgan fingerprint density at radius 1 is 1.44 bits per heavy atom. The first-order valence-corrected chi connectivity index (χ1v) is 7.03. The molecule has 0 aliphatic rings. The van der Waals surface area contributed by atoms with Crippen LogP contribution in [-0.4, -0.2) is 16.7 Å². The molecule has 1 N–H and O–H groups in total. The van der Waals surface area contributed by atoms with Crippen molar-refractivity contribution >= 4 is 22.7 Å². The van der Waals surface area contributed by atoms with Gasteiger partial charge in [0.05, 0.1) is 10.9 Å². The van der Waals surface area contributed by atoms with E-state index in [1.54, 1.807) is 22.7 Å². The molecular formula is C11H15N3S2. The third-order valence-electron chi connectivity index (χ3n) is 2.38. The Bertz CT molecular complexity index is 461. The van der Waals surface area contributed by atoms with Crippen LogP contribution in [0.15, 0.2) is 11.4 Å². The van der Waals surface area contributed by atoms with Crippen molar-refractivity contribution in [3.63, 3.8) is 0 Å². The predicted molar refractivity (Wildman–Crippen MR) is 70.1 cm³/mol. The highest BCUT2D eigenvalue weighted by molar-refractivity contribution is 7.20. The molecule has 0 radical (unpaired) electrons. The van der Waals surface area contributed by atoms with Crippen LogP contribution in [0.3, 0.4) is 0 Å². The minimum absolute atomic E-state index is 0.288. The molecule has 0 spiro atoms. The molecule has 86 valence electrons. The lowest BCUT2D eigenvalue weighted by molar-refractivity contribution is 0.590. The minimum Gasteiger partial charge on any atom is -0.308 e. The molecule has 0 aromatic carbocycles. The van der Waals surface area contributed by atoms with E-state index in [9.17, 15) is 0 Å². The van der Waals surface area contributed by atoms with Gasteiger partial charge in [-0.05, 0) is 37.4 Å². The van der Waals surface area contributed by atoms with Crippen LogP contribution in [0.4, 0.5) is 0 Å². The van der Waals surface area contributed by atoms with Gasteiger partial charge in [0.15, 0.2) is 5.01 Å². The van der Waals surface area contributed by atoms with Crippen LogP contribution in [0.5, 0.6) is 0 Å². The summed E-state index contributed by atoms with van der Waals surface area (Å²) in [6.45, 7) is 7.28. The van der Waals surface area contributed by atoms with Crippen molar-refractivity contribution in [2.75, 3.05) is 6.54 Å². The predicted octanol–water partition coefficient (Wildman–Crippen LogP) is 3.25. The van der Waals surface area contributed by atoms with E-state index in [1.807, 2.05) is 0 Å². The minimum atomic E-state index is 0.288. The van der Waals surface area contributed by atoms with E-state index >= 15 is 0 Å². The van der Waals surface area contributed by atoms with Gasteiger partial charge < -0.3 is 5.32 Å². The van der Waals surface area contributed by atoms with Crippen molar-refractivity contribution in [3.8, 4) is 9.88 Å². The molecule has 1 atom stereocenters. The Morgan fingerprint density at radius 2 is 2.25 bits per heavy atom. The number of aryl methyl sites for hydroxylation is 1. The molecular weight excluding hydrogens is 238 g/mol. The number of nitrogens with zero attached hydrogens (tertiary/aromatic N) is 2. The van der Waals surface area contributed by atoms with E-state index in [0.29, 0.717) is 0 Å². The van der Waals surface area contributed by atoms with Gasteiger partial charge >= 0.3 is 0 Å². The van der Waals surface area contributed by atoms with E-state index in [4.69, 9.17) is 0 Å². The van der Waals surface area contributed by atoms with E-state index in [0.717, 1.165) is 16.6 Å². The number of hydrogen-bond acceptors (Lipinski definition) is 5. The number of aromatic nitrogens is 2. The second kappa shape index (κ2) is 5.03. The number of thiophene rings is 1. The summed E-state index contributed by atoms with van der Waals surface area (Å²) in [6, 6.07) is 2.41. The van der Waals surface area contributed by atoms with Gasteiger partial charge in [0.2, 0.25) is 0 Å². The highest BCUT2D eigenvalue weighted by Crippen LogP contribution is 2.32. The molecule has 0 saturated heterocycles. The third kappa shape index (κ3) is 2.31. The third-order valence-corrected chi connectivity index (χ3v) is 4.65. The average Bonchev–Trinajstić information content (AvgIpc) is 2.86. The van der Waals surface area contributed by atoms with Gasteiger partial charge in [-0.15, -0.1) is 21.5 Å². The molecule has 3 nitrogen and oxygen atoms in total. The first kappa shape index (κ1) is 11.7. The summed E-state index contributed by atoms with van der Waals surface area (Å²) in [4.78, 5) is 1.24. The fourth-order valence-corrected chi connectivity index (χ4v) is 3.44. The monoisotopic (exact) mass is 253 g/mol. The van der Waals surface area contributed by atoms with Crippen LogP contribution < -0.4 is 5.32 Å². The van der Waals surface area contributed by atoms with Crippen LogP contribution in [0.1, 0.15) is 30.5 Å². The zero-order chi connectivity index (χ0) is 11.5. The summed E-state index contributed by atoms with van der Waals surface area (Å²) >= 11 is 3.41. The molecule has 0 saturated carbocycles. The number of rotatable bonds is 4. The summed E-state index contributed by atoms with van der Waals surface area (Å²) in [5, 5.41) is 16.0. The van der Waals surface area contributed by atoms with E-state index in [-0.39, 0.29) is 6.04 Å². The lowest BCUT2D eigenvalue weighted by Crippen LogP contribution is -2.17. The number of hydrogen-bond donors (Lipinski definition) is 1. The molecule has 1 unspecified atom stereocenters. The summed E-state index contributed by atoms with van der Waals surface area (Å²) in [5.41, 5.74) is 1.28. The average molecular weight is 253 g/mol. The molecule has 0 amide bonds. The van der Waals surface area contributed by atoms with Gasteiger partial charge in [0.1, 0.15) is 5.01 Å². The summed E-state index contributed by atoms with van der Waals surface area (Å²) in [5.74, 6) is 0. The lowest BCUT2D eigenvalue weighted by atomic mass is 10.3. The molecule has 0 aliphatic carbocycles. The van der Waals surface area contributed by atoms with Crippen LogP contribution >= 0.6 is 22.7 Å². The summed E-state index contributed by atoms with van der Waals surface area (Å²) < 4.78 is 0. The fraction of sp³-hybridized carbons (Fsp3) is 0.455. The Labute approximate surface area is 104 Å². The van der Waals surface area contributed by atoms with Gasteiger partial charge in [-0.3, -0.25) is 0 Å². The SMILES string of the molecule is CCNC(C)c1nnc(-c2sccc2C)s1. The second-order valence-corrected chi connectivity index (χ2v) is 5.58. The quantitative estimate of drug-likeness (QED) is 0.909. The Kier molecular flexibility index (Phi) is 3.68. The number of nitrogens with one attached hydrogen (secondary N) is 1. The van der Waals surface area contributed by atoms with Crippen LogP contribution in [0.25, 0.3) is 9.88 Å². The van der Waals surface area contributed by atoms with E-state index < -0.39 is 0 Å². The van der Waals surface area contributed by atoms with E-state index in [2.05, 4.69) is 47.7 Å². The van der Waals surface area contributed by atoms with Crippen LogP contribution in [-0.2, 0) is 0 Å². The highest BCUT2D eigenvalue weighted by atomic mass is 32.1. The van der Waals surface area contributed by atoms with Crippen molar-refractivity contribution in [1.29, 1.82) is 0 Å². The molecule has 2 heterocycles. The zero-order valence-corrected chi connectivity index (χ0v) is 11.3. The molecule has 16 heavy (non-hydrogen) atoms. The van der Waals surface area contributed by atoms with Gasteiger partial charge in [-0.1, -0.05) is 18.3 Å². The smallest absolute Gasteiger partial charge is 0.158 e. The van der Waals surface area contributed by atoms with Crippen molar-refractivity contribution in [2.45, 2.75) is 26.8 Å². The molecule has 5 heteroatoms. The van der Waals surface area contributed by atoms with Crippen LogP contribution in [0, 0.1) is 6.92 Å². The van der Waals surface area contributed by atoms with Gasteiger partial charge in [-0.2, -0.15) is 0 Å². The highest BCUT2D eigenvalue weighted by Gasteiger charge is 2.13. The molecule has 2 aromatic rings. The van der Waals surface area contributed by atoms with Crippen molar-refractivity contribution in [3.05, 3.63) is 22.0 Å². The van der Waals surface area contributed by atoms with Gasteiger partial charge in [0.25, 0.3) is 0 Å². The Morgan fingerprint density at radius 3 is 2.88 bits per heavy atom. The van der Waals surface area contributed by atoms with E-state index in [1.165, 1.54) is 10.4 Å². The molecule has 2 rings (SSSR count). The maximum atomic E-state index is 4.26. The van der Waals surface area contributed by atoms with Gasteiger partial charge in [-0.25, -0.2) is 0 Å². The van der Waals surface area contributed by atoms with Crippen molar-refractivity contribution in [2.24, 2.45) is 0 Å². The molecule has 2 aromatic heterocycles. The maximum Gasteiger partial charge on any atom is 0.158 e. The molecule has 0 fully saturated rings. The normalized spacial score (nSPS) is 12.9. The fourth-order valence-electron chi connectivity index (χ4n) is 1.49. The van der Waals surface area contributed by atoms with Crippen molar-refractivity contribution < 1.29 is 0 Å². The van der Waals surface area contributed by atoms with Gasteiger partial charge in [0, 0.05) is 0 Å². The zero-order valence-electron chi connectivity index (χ0n) is 9.65. The lowest BCUT2D eigenvalue weighted by Gasteiger charge is -2.06. The van der Waals surface area contributed by atoms with Crippen molar-refractivity contribution in [1.82, 2.24) is 15.5 Å². The largest absolute Gasteiger partial charge is 0.308 e. The van der Waals surface area contributed by atoms with Crippen LogP contribution in [0.2, 0.25) is 0 Å². The molecule has 0 aliphatic heterocycles. The summed E-state index contributed by atoms with van der Waals surface area (Å²) in [7, 11) is 0.